The summed E-state index contributed by atoms with van der Waals surface area (Å²) in [5, 5.41) is 20.9. The number of furan rings is 1. The molecule has 3 atom stereocenters. The number of aliphatic hydroxyl groups is 2. The number of nitrogens with one attached hydrogen (secondary N) is 1. The lowest BCUT2D eigenvalue weighted by Crippen LogP contribution is -2.42. The largest absolute Gasteiger partial charge is 0.461 e. The fraction of sp³-hybridized carbons (Fsp3) is 0.533. The Hall–Kier alpha value is -1.59. The van der Waals surface area contributed by atoms with Crippen molar-refractivity contribution in [3.63, 3.8) is 0 Å². The molecule has 110 valence electrons. The quantitative estimate of drug-likeness (QED) is 0.685. The van der Waals surface area contributed by atoms with E-state index in [9.17, 15) is 9.90 Å². The lowest BCUT2D eigenvalue weighted by atomic mass is 10.1. The van der Waals surface area contributed by atoms with Crippen molar-refractivity contribution in [3.8, 4) is 0 Å². The van der Waals surface area contributed by atoms with Crippen LogP contribution in [0.1, 0.15) is 37.7 Å². The maximum Gasteiger partial charge on any atom is 0.244 e. The van der Waals surface area contributed by atoms with Gasteiger partial charge < -0.3 is 19.9 Å². The van der Waals surface area contributed by atoms with Crippen LogP contribution in [0.15, 0.2) is 22.6 Å². The van der Waals surface area contributed by atoms with Gasteiger partial charge in [0, 0.05) is 18.5 Å². The highest BCUT2D eigenvalue weighted by molar-refractivity contribution is 5.91. The van der Waals surface area contributed by atoms with E-state index in [1.807, 2.05) is 12.1 Å². The van der Waals surface area contributed by atoms with Crippen LogP contribution in [0.25, 0.3) is 6.08 Å². The van der Waals surface area contributed by atoms with Gasteiger partial charge in [0.2, 0.25) is 5.91 Å². The van der Waals surface area contributed by atoms with Crippen LogP contribution in [0.4, 0.5) is 0 Å². The van der Waals surface area contributed by atoms with Gasteiger partial charge in [-0.25, -0.2) is 0 Å². The molecule has 1 fully saturated rings. The predicted molar refractivity (Wildman–Crippen MR) is 75.0 cm³/mol. The molecule has 5 nitrogen and oxygen atoms in total. The molecule has 1 saturated carbocycles. The standard InChI is InChI=1S/C15H21NO4/c1-10-7-12(10)13-5-3-11(20-13)4-6-14(18)16-8-15(2,19)9-17/h3-6,10,12,17,19H,7-9H2,1-2H3,(H,16,18). The van der Waals surface area contributed by atoms with E-state index in [1.165, 1.54) is 13.0 Å². The van der Waals surface area contributed by atoms with E-state index in [1.54, 1.807) is 6.08 Å². The van der Waals surface area contributed by atoms with Crippen LogP contribution in [0, 0.1) is 5.92 Å². The molecular formula is C15H21NO4. The van der Waals surface area contributed by atoms with Crippen molar-refractivity contribution in [2.24, 2.45) is 5.92 Å². The van der Waals surface area contributed by atoms with Crippen molar-refractivity contribution >= 4 is 12.0 Å². The van der Waals surface area contributed by atoms with Gasteiger partial charge in [-0.2, -0.15) is 0 Å². The zero-order valence-corrected chi connectivity index (χ0v) is 11.8. The molecule has 3 N–H and O–H groups in total. The molecule has 5 heteroatoms. The molecule has 1 amide bonds. The topological polar surface area (TPSA) is 82.7 Å². The molecule has 0 aliphatic heterocycles. The number of carbonyl (C=O) groups is 1. The van der Waals surface area contributed by atoms with Crippen molar-refractivity contribution < 1.29 is 19.4 Å². The zero-order chi connectivity index (χ0) is 14.8. The Bertz CT molecular complexity index is 504. The first-order valence-electron chi connectivity index (χ1n) is 6.80. The van der Waals surface area contributed by atoms with E-state index < -0.39 is 12.2 Å². The summed E-state index contributed by atoms with van der Waals surface area (Å²) >= 11 is 0. The second-order valence-corrected chi connectivity index (χ2v) is 5.77. The second-order valence-electron chi connectivity index (χ2n) is 5.77. The number of hydrogen-bond acceptors (Lipinski definition) is 4. The third kappa shape index (κ3) is 3.95. The molecule has 1 aliphatic carbocycles. The molecule has 1 aromatic heterocycles. The molecule has 1 aliphatic rings. The number of aliphatic hydroxyl groups excluding tert-OH is 1. The summed E-state index contributed by atoms with van der Waals surface area (Å²) in [5.41, 5.74) is -1.30. The minimum Gasteiger partial charge on any atom is -0.461 e. The van der Waals surface area contributed by atoms with Gasteiger partial charge in [0.15, 0.2) is 0 Å². The summed E-state index contributed by atoms with van der Waals surface area (Å²) in [7, 11) is 0. The summed E-state index contributed by atoms with van der Waals surface area (Å²) in [4.78, 5) is 11.6. The van der Waals surface area contributed by atoms with Crippen molar-refractivity contribution in [2.45, 2.75) is 31.8 Å². The summed E-state index contributed by atoms with van der Waals surface area (Å²) in [6.45, 7) is 3.23. The number of rotatable bonds is 6. The monoisotopic (exact) mass is 279 g/mol. The fourth-order valence-corrected chi connectivity index (χ4v) is 1.93. The lowest BCUT2D eigenvalue weighted by molar-refractivity contribution is -0.117. The van der Waals surface area contributed by atoms with Gasteiger partial charge in [0.25, 0.3) is 0 Å². The maximum atomic E-state index is 11.6. The van der Waals surface area contributed by atoms with Crippen LogP contribution in [-0.2, 0) is 4.79 Å². The van der Waals surface area contributed by atoms with E-state index in [0.717, 1.165) is 12.2 Å². The first kappa shape index (κ1) is 14.8. The fourth-order valence-electron chi connectivity index (χ4n) is 1.93. The summed E-state index contributed by atoms with van der Waals surface area (Å²) in [6, 6.07) is 3.79. The number of amides is 1. The Morgan fingerprint density at radius 3 is 2.90 bits per heavy atom. The van der Waals surface area contributed by atoms with Gasteiger partial charge in [0.05, 0.1) is 6.61 Å². The van der Waals surface area contributed by atoms with Crippen LogP contribution >= 0.6 is 0 Å². The average molecular weight is 279 g/mol. The maximum absolute atomic E-state index is 11.6. The summed E-state index contributed by atoms with van der Waals surface area (Å²) < 4.78 is 5.64. The van der Waals surface area contributed by atoms with E-state index in [4.69, 9.17) is 9.52 Å². The highest BCUT2D eigenvalue weighted by Gasteiger charge is 2.36. The average Bonchev–Trinajstić information content (AvgIpc) is 2.97. The Morgan fingerprint density at radius 2 is 2.30 bits per heavy atom. The molecule has 0 bridgehead atoms. The Labute approximate surface area is 118 Å². The second kappa shape index (κ2) is 5.81. The molecule has 3 unspecified atom stereocenters. The SMILES string of the molecule is CC1CC1c1ccc(C=CC(=O)NCC(C)(O)CO)o1. The van der Waals surface area contributed by atoms with Gasteiger partial charge in [-0.15, -0.1) is 0 Å². The molecule has 20 heavy (non-hydrogen) atoms. The molecule has 0 saturated heterocycles. The molecule has 0 radical (unpaired) electrons. The summed E-state index contributed by atoms with van der Waals surface area (Å²) in [6.07, 6.45) is 4.11. The van der Waals surface area contributed by atoms with Gasteiger partial charge in [-0.1, -0.05) is 6.92 Å². The Morgan fingerprint density at radius 1 is 1.60 bits per heavy atom. The number of carbonyl (C=O) groups excluding carboxylic acids is 1. The predicted octanol–water partition coefficient (Wildman–Crippen LogP) is 1.28. The Kier molecular flexibility index (Phi) is 4.30. The van der Waals surface area contributed by atoms with Gasteiger partial charge in [-0.3, -0.25) is 4.79 Å². The van der Waals surface area contributed by atoms with Crippen LogP contribution in [-0.4, -0.2) is 34.9 Å². The van der Waals surface area contributed by atoms with E-state index in [0.29, 0.717) is 17.6 Å². The van der Waals surface area contributed by atoms with Crippen molar-refractivity contribution in [2.75, 3.05) is 13.2 Å². The minimum absolute atomic E-state index is 0.00430. The lowest BCUT2D eigenvalue weighted by Gasteiger charge is -2.19. The van der Waals surface area contributed by atoms with Crippen molar-refractivity contribution in [1.29, 1.82) is 0 Å². The molecule has 2 rings (SSSR count). The van der Waals surface area contributed by atoms with E-state index >= 15 is 0 Å². The third-order valence-corrected chi connectivity index (χ3v) is 3.51. The van der Waals surface area contributed by atoms with Crippen molar-refractivity contribution in [1.82, 2.24) is 5.32 Å². The van der Waals surface area contributed by atoms with Crippen LogP contribution < -0.4 is 5.32 Å². The van der Waals surface area contributed by atoms with Crippen molar-refractivity contribution in [3.05, 3.63) is 29.7 Å². The summed E-state index contributed by atoms with van der Waals surface area (Å²) in [5.74, 6) is 2.48. The smallest absolute Gasteiger partial charge is 0.244 e. The van der Waals surface area contributed by atoms with Crippen LogP contribution in [0.2, 0.25) is 0 Å². The number of hydrogen-bond donors (Lipinski definition) is 3. The first-order valence-corrected chi connectivity index (χ1v) is 6.80. The molecule has 0 spiro atoms. The van der Waals surface area contributed by atoms with Crippen LogP contribution in [0.5, 0.6) is 0 Å². The molecular weight excluding hydrogens is 258 g/mol. The van der Waals surface area contributed by atoms with Gasteiger partial charge >= 0.3 is 0 Å². The molecule has 0 aromatic carbocycles. The normalized spacial score (nSPS) is 24.6. The van der Waals surface area contributed by atoms with Gasteiger partial charge in [-0.05, 0) is 37.5 Å². The van der Waals surface area contributed by atoms with Crippen LogP contribution in [0.3, 0.4) is 0 Å². The first-order chi connectivity index (χ1) is 9.41. The molecule has 1 aromatic rings. The highest BCUT2D eigenvalue weighted by atomic mass is 16.3. The third-order valence-electron chi connectivity index (χ3n) is 3.51. The van der Waals surface area contributed by atoms with E-state index in [2.05, 4.69) is 12.2 Å². The van der Waals surface area contributed by atoms with E-state index in [-0.39, 0.29) is 12.5 Å². The molecule has 1 heterocycles. The highest BCUT2D eigenvalue weighted by Crippen LogP contribution is 2.47. The zero-order valence-electron chi connectivity index (χ0n) is 11.8. The van der Waals surface area contributed by atoms with Gasteiger partial charge in [0.1, 0.15) is 17.1 Å². The Balaban J connectivity index is 1.83. The minimum atomic E-state index is -1.30.